The molecule has 3 nitrogen and oxygen atoms in total. The van der Waals surface area contributed by atoms with Crippen LogP contribution in [0.15, 0.2) is 24.3 Å². The lowest BCUT2D eigenvalue weighted by molar-refractivity contribution is 0.437. The summed E-state index contributed by atoms with van der Waals surface area (Å²) in [6.07, 6.45) is 1.45. The van der Waals surface area contributed by atoms with Gasteiger partial charge >= 0.3 is 0 Å². The molecule has 1 aromatic carbocycles. The molecular weight excluding hydrogens is 258 g/mol. The molecule has 1 fully saturated rings. The number of sulfone groups is 1. The van der Waals surface area contributed by atoms with Crippen molar-refractivity contribution in [1.82, 2.24) is 5.32 Å². The molecule has 0 spiro atoms. The molecular formula is C15H21NO2S. The largest absolute Gasteiger partial charge is 0.309 e. The topological polar surface area (TPSA) is 46.2 Å². The number of nitrogens with one attached hydrogen (secondary N) is 1. The molecule has 4 unspecified atom stereocenters. The molecule has 0 radical (unpaired) electrons. The first kappa shape index (κ1) is 13.1. The molecule has 1 heterocycles. The summed E-state index contributed by atoms with van der Waals surface area (Å²) < 4.78 is 25.4. The van der Waals surface area contributed by atoms with E-state index in [0.29, 0.717) is 12.3 Å². The first-order valence-corrected chi connectivity index (χ1v) is 8.67. The van der Waals surface area contributed by atoms with E-state index in [2.05, 4.69) is 24.4 Å². The highest BCUT2D eigenvalue weighted by molar-refractivity contribution is 7.92. The maximum Gasteiger partial charge on any atom is 0.157 e. The number of rotatable bonds is 0. The minimum absolute atomic E-state index is 0.0256. The second-order valence-electron chi connectivity index (χ2n) is 5.92. The highest BCUT2D eigenvalue weighted by Gasteiger charge is 2.44. The molecule has 104 valence electrons. The fourth-order valence-corrected chi connectivity index (χ4v) is 5.75. The van der Waals surface area contributed by atoms with E-state index in [-0.39, 0.29) is 16.5 Å². The van der Waals surface area contributed by atoms with Crippen molar-refractivity contribution in [1.29, 1.82) is 0 Å². The summed E-state index contributed by atoms with van der Waals surface area (Å²) in [4.78, 5) is 0. The van der Waals surface area contributed by atoms with Crippen LogP contribution in [0, 0.1) is 0 Å². The smallest absolute Gasteiger partial charge is 0.157 e. The molecule has 3 rings (SSSR count). The van der Waals surface area contributed by atoms with E-state index >= 15 is 0 Å². The monoisotopic (exact) mass is 279 g/mol. The van der Waals surface area contributed by atoms with Crippen molar-refractivity contribution in [3.05, 3.63) is 35.4 Å². The predicted octanol–water partition coefficient (Wildman–Crippen LogP) is 2.40. The molecule has 1 N–H and O–H groups in total. The molecule has 2 aliphatic rings. The summed E-state index contributed by atoms with van der Waals surface area (Å²) in [5.41, 5.74) is 2.49. The molecule has 4 atom stereocenters. The first-order valence-electron chi connectivity index (χ1n) is 7.06. The molecule has 0 bridgehead atoms. The van der Waals surface area contributed by atoms with Crippen molar-refractivity contribution in [3.63, 3.8) is 0 Å². The van der Waals surface area contributed by atoms with Crippen molar-refractivity contribution in [2.75, 3.05) is 6.54 Å². The van der Waals surface area contributed by atoms with Crippen LogP contribution in [0.3, 0.4) is 0 Å². The molecule has 1 aliphatic heterocycles. The van der Waals surface area contributed by atoms with E-state index < -0.39 is 9.84 Å². The zero-order valence-corrected chi connectivity index (χ0v) is 12.3. The Bertz CT molecular complexity index is 582. The van der Waals surface area contributed by atoms with Gasteiger partial charge in [0.2, 0.25) is 0 Å². The Morgan fingerprint density at radius 2 is 1.84 bits per heavy atom. The summed E-state index contributed by atoms with van der Waals surface area (Å²) in [5, 5.41) is 2.97. The summed E-state index contributed by atoms with van der Waals surface area (Å²) in [5.74, 6) is 0.319. The quantitative estimate of drug-likeness (QED) is 0.793. The van der Waals surface area contributed by atoms with Gasteiger partial charge in [0, 0.05) is 6.04 Å². The van der Waals surface area contributed by atoms with E-state index in [9.17, 15) is 8.42 Å². The van der Waals surface area contributed by atoms with Gasteiger partial charge in [-0.2, -0.15) is 0 Å². The summed E-state index contributed by atoms with van der Waals surface area (Å²) in [6.45, 7) is 4.77. The van der Waals surface area contributed by atoms with E-state index in [1.807, 2.05) is 19.1 Å². The molecule has 1 saturated heterocycles. The molecule has 4 heteroatoms. The average molecular weight is 279 g/mol. The van der Waals surface area contributed by atoms with Gasteiger partial charge in [-0.1, -0.05) is 31.2 Å². The third-order valence-electron chi connectivity index (χ3n) is 4.72. The van der Waals surface area contributed by atoms with Crippen molar-refractivity contribution in [2.45, 2.75) is 49.1 Å². The van der Waals surface area contributed by atoms with Gasteiger partial charge in [-0.15, -0.1) is 0 Å². The molecule has 1 aromatic rings. The van der Waals surface area contributed by atoms with Crippen molar-refractivity contribution < 1.29 is 8.42 Å². The Morgan fingerprint density at radius 1 is 1.16 bits per heavy atom. The van der Waals surface area contributed by atoms with Crippen LogP contribution in [0.25, 0.3) is 0 Å². The minimum atomic E-state index is -3.04. The Kier molecular flexibility index (Phi) is 3.18. The molecule has 0 aromatic heterocycles. The Hall–Kier alpha value is -0.870. The molecule has 1 aliphatic carbocycles. The van der Waals surface area contributed by atoms with Crippen LogP contribution in [0.5, 0.6) is 0 Å². The van der Waals surface area contributed by atoms with Crippen LogP contribution in [0.1, 0.15) is 49.8 Å². The molecule has 19 heavy (non-hydrogen) atoms. The second-order valence-corrected chi connectivity index (χ2v) is 8.51. The van der Waals surface area contributed by atoms with E-state index in [1.54, 1.807) is 0 Å². The lowest BCUT2D eigenvalue weighted by Crippen LogP contribution is -2.41. The third-order valence-corrected chi connectivity index (χ3v) is 7.38. The van der Waals surface area contributed by atoms with E-state index in [0.717, 1.165) is 13.0 Å². The van der Waals surface area contributed by atoms with Gasteiger partial charge in [0.25, 0.3) is 0 Å². The van der Waals surface area contributed by atoms with E-state index in [1.165, 1.54) is 11.1 Å². The van der Waals surface area contributed by atoms with Crippen LogP contribution < -0.4 is 5.32 Å². The zero-order chi connectivity index (χ0) is 13.6. The minimum Gasteiger partial charge on any atom is -0.309 e. The standard InChI is InChI=1S/C15H21NO2S/c1-10-9-14-15(13-6-4-3-5-12(10)13)16-8-7-11(2)19(14,17)18/h3-6,10-11,14-16H,7-9H2,1-2H3. The maximum absolute atomic E-state index is 12.7. The first-order chi connectivity index (χ1) is 9.01. The SMILES string of the molecule is CC1CC2C(NCCC(C)S2(=O)=O)c2ccccc21. The van der Waals surface area contributed by atoms with Gasteiger partial charge < -0.3 is 5.32 Å². The normalized spacial score (nSPS) is 36.9. The third kappa shape index (κ3) is 2.01. The van der Waals surface area contributed by atoms with Gasteiger partial charge in [-0.25, -0.2) is 8.42 Å². The number of benzene rings is 1. The maximum atomic E-state index is 12.7. The molecule has 0 amide bonds. The average Bonchev–Trinajstić information content (AvgIpc) is 2.50. The molecule has 0 saturated carbocycles. The predicted molar refractivity (Wildman–Crippen MR) is 77.0 cm³/mol. The number of hydrogen-bond donors (Lipinski definition) is 1. The Morgan fingerprint density at radius 3 is 2.58 bits per heavy atom. The fourth-order valence-electron chi connectivity index (χ4n) is 3.52. The summed E-state index contributed by atoms with van der Waals surface area (Å²) in [7, 11) is -3.04. The van der Waals surface area contributed by atoms with Crippen LogP contribution in [-0.2, 0) is 9.84 Å². The van der Waals surface area contributed by atoms with Crippen LogP contribution in [0.4, 0.5) is 0 Å². The van der Waals surface area contributed by atoms with Gasteiger partial charge in [-0.05, 0) is 43.4 Å². The Balaban J connectivity index is 2.12. The fraction of sp³-hybridized carbons (Fsp3) is 0.600. The van der Waals surface area contributed by atoms with Gasteiger partial charge in [0.15, 0.2) is 9.84 Å². The zero-order valence-electron chi connectivity index (χ0n) is 11.5. The van der Waals surface area contributed by atoms with Gasteiger partial charge in [0.1, 0.15) is 0 Å². The number of fused-ring (bicyclic) bond motifs is 3. The summed E-state index contributed by atoms with van der Waals surface area (Å²) >= 11 is 0. The van der Waals surface area contributed by atoms with Crippen LogP contribution in [-0.4, -0.2) is 25.5 Å². The highest BCUT2D eigenvalue weighted by Crippen LogP contribution is 2.42. The number of hydrogen-bond acceptors (Lipinski definition) is 3. The van der Waals surface area contributed by atoms with Gasteiger partial charge in [0.05, 0.1) is 10.5 Å². The van der Waals surface area contributed by atoms with Crippen molar-refractivity contribution >= 4 is 9.84 Å². The summed E-state index contributed by atoms with van der Waals surface area (Å²) in [6, 6.07) is 8.25. The van der Waals surface area contributed by atoms with Crippen molar-refractivity contribution in [3.8, 4) is 0 Å². The van der Waals surface area contributed by atoms with Crippen LogP contribution >= 0.6 is 0 Å². The highest BCUT2D eigenvalue weighted by atomic mass is 32.2. The lowest BCUT2D eigenvalue weighted by Gasteiger charge is -2.36. The Labute approximate surface area is 115 Å². The van der Waals surface area contributed by atoms with E-state index in [4.69, 9.17) is 0 Å². The van der Waals surface area contributed by atoms with Crippen molar-refractivity contribution in [2.24, 2.45) is 0 Å². The van der Waals surface area contributed by atoms with Crippen LogP contribution in [0.2, 0.25) is 0 Å². The lowest BCUT2D eigenvalue weighted by atomic mass is 9.80. The van der Waals surface area contributed by atoms with Gasteiger partial charge in [-0.3, -0.25) is 0 Å². The second kappa shape index (κ2) is 4.60.